The number of nitrogens with zero attached hydrogens (tertiary/aromatic N) is 2. The van der Waals surface area contributed by atoms with Gasteiger partial charge in [0.05, 0.1) is 11.0 Å². The van der Waals surface area contributed by atoms with Gasteiger partial charge in [0, 0.05) is 66.2 Å². The molecule has 0 radical (unpaired) electrons. The lowest BCUT2D eigenvalue weighted by Crippen LogP contribution is -2.10. The maximum Gasteiger partial charge on any atom is 0.143 e. The van der Waals surface area contributed by atoms with E-state index in [-0.39, 0.29) is 0 Å². The highest BCUT2D eigenvalue weighted by Gasteiger charge is 2.21. The Hall–Kier alpha value is -7.82. The SMILES string of the molecule is c1ccc(N(c2ccc(-c3cccc4c3oc3ccccc34)cc2)c2cc(-c3cccc(-n4c5ccccc5c5ccccc54)c3)c3oc4ccccc4c3c2)cc1. The number of benzene rings is 9. The van der Waals surface area contributed by atoms with Crippen molar-refractivity contribution in [1.29, 1.82) is 0 Å². The minimum Gasteiger partial charge on any atom is -0.455 e. The first-order valence-corrected chi connectivity index (χ1v) is 19.7. The molecule has 3 aromatic heterocycles. The van der Waals surface area contributed by atoms with Crippen LogP contribution in [0.15, 0.2) is 215 Å². The largest absolute Gasteiger partial charge is 0.455 e. The second-order valence-electron chi connectivity index (χ2n) is 14.9. The lowest BCUT2D eigenvalue weighted by Gasteiger charge is -2.26. The van der Waals surface area contributed by atoms with Crippen molar-refractivity contribution in [2.45, 2.75) is 0 Å². The number of aromatic nitrogens is 1. The molecular formula is C54H34N2O2. The molecule has 0 aliphatic carbocycles. The molecule has 0 spiro atoms. The van der Waals surface area contributed by atoms with Crippen LogP contribution in [0.1, 0.15) is 0 Å². The maximum atomic E-state index is 6.74. The van der Waals surface area contributed by atoms with Gasteiger partial charge in [-0.25, -0.2) is 0 Å². The van der Waals surface area contributed by atoms with E-state index >= 15 is 0 Å². The molecule has 12 aromatic rings. The molecule has 0 amide bonds. The van der Waals surface area contributed by atoms with E-state index in [1.807, 2.05) is 18.2 Å². The summed E-state index contributed by atoms with van der Waals surface area (Å²) < 4.78 is 15.5. The van der Waals surface area contributed by atoms with Crippen molar-refractivity contribution in [3.05, 3.63) is 206 Å². The van der Waals surface area contributed by atoms with Crippen molar-refractivity contribution in [3.8, 4) is 27.9 Å². The molecule has 9 aromatic carbocycles. The highest BCUT2D eigenvalue weighted by atomic mass is 16.3. The van der Waals surface area contributed by atoms with Gasteiger partial charge in [-0.2, -0.15) is 0 Å². The zero-order chi connectivity index (χ0) is 38.2. The predicted molar refractivity (Wildman–Crippen MR) is 241 cm³/mol. The van der Waals surface area contributed by atoms with Crippen LogP contribution in [0.3, 0.4) is 0 Å². The summed E-state index contributed by atoms with van der Waals surface area (Å²) in [7, 11) is 0. The molecule has 4 heteroatoms. The van der Waals surface area contributed by atoms with E-state index in [1.165, 1.54) is 21.8 Å². The van der Waals surface area contributed by atoms with Crippen LogP contribution in [-0.2, 0) is 0 Å². The Morgan fingerprint density at radius 2 is 0.879 bits per heavy atom. The molecule has 0 aliphatic rings. The smallest absolute Gasteiger partial charge is 0.143 e. The summed E-state index contributed by atoms with van der Waals surface area (Å²) in [5, 5.41) is 6.89. The molecule has 0 bridgehead atoms. The van der Waals surface area contributed by atoms with Crippen LogP contribution >= 0.6 is 0 Å². The molecule has 12 rings (SSSR count). The topological polar surface area (TPSA) is 34.5 Å². The van der Waals surface area contributed by atoms with Gasteiger partial charge in [0.2, 0.25) is 0 Å². The Kier molecular flexibility index (Phi) is 7.20. The number of furan rings is 2. The minimum absolute atomic E-state index is 0.866. The Morgan fingerprint density at radius 1 is 0.328 bits per heavy atom. The standard InChI is InChI=1S/C54H34N2O2/c1-2-15-37(16-3-1)55(38-30-28-35(29-31-38)41-22-13-23-46-44-20-6-10-26-51(44)57-53(41)46)40-33-47(54-48(34-40)45-21-7-11-27-52(45)58-54)36-14-12-17-39(32-36)56-49-24-8-4-18-42(49)43-19-5-9-25-50(43)56/h1-34H. The molecule has 0 saturated heterocycles. The van der Waals surface area contributed by atoms with E-state index in [0.29, 0.717) is 0 Å². The average Bonchev–Trinajstić information content (AvgIpc) is 3.97. The van der Waals surface area contributed by atoms with Crippen LogP contribution in [0.5, 0.6) is 0 Å². The molecule has 58 heavy (non-hydrogen) atoms. The van der Waals surface area contributed by atoms with E-state index < -0.39 is 0 Å². The molecular weight excluding hydrogens is 709 g/mol. The highest BCUT2D eigenvalue weighted by Crippen LogP contribution is 2.45. The summed E-state index contributed by atoms with van der Waals surface area (Å²) in [6.07, 6.45) is 0. The van der Waals surface area contributed by atoms with Gasteiger partial charge in [-0.3, -0.25) is 0 Å². The van der Waals surface area contributed by atoms with Crippen molar-refractivity contribution in [3.63, 3.8) is 0 Å². The van der Waals surface area contributed by atoms with Gasteiger partial charge in [-0.1, -0.05) is 133 Å². The number of hydrogen-bond donors (Lipinski definition) is 0. The van der Waals surface area contributed by atoms with E-state index in [1.54, 1.807) is 0 Å². The molecule has 0 N–H and O–H groups in total. The molecule has 0 atom stereocenters. The first-order valence-electron chi connectivity index (χ1n) is 19.7. The number of rotatable bonds is 6. The molecule has 272 valence electrons. The van der Waals surface area contributed by atoms with E-state index in [0.717, 1.165) is 88.9 Å². The lowest BCUT2D eigenvalue weighted by atomic mass is 9.99. The fourth-order valence-corrected chi connectivity index (χ4v) is 8.96. The van der Waals surface area contributed by atoms with Crippen LogP contribution in [0.25, 0.3) is 93.6 Å². The van der Waals surface area contributed by atoms with Crippen LogP contribution in [0.2, 0.25) is 0 Å². The molecule has 0 aliphatic heterocycles. The fourth-order valence-electron chi connectivity index (χ4n) is 8.96. The van der Waals surface area contributed by atoms with E-state index in [9.17, 15) is 0 Å². The van der Waals surface area contributed by atoms with Gasteiger partial charge in [0.1, 0.15) is 22.3 Å². The third kappa shape index (κ3) is 5.02. The second kappa shape index (κ2) is 12.9. The highest BCUT2D eigenvalue weighted by molar-refractivity contribution is 6.13. The van der Waals surface area contributed by atoms with Gasteiger partial charge < -0.3 is 18.3 Å². The summed E-state index contributed by atoms with van der Waals surface area (Å²) in [5.41, 5.74) is 14.4. The Morgan fingerprint density at radius 3 is 1.59 bits per heavy atom. The number of hydrogen-bond acceptors (Lipinski definition) is 3. The third-order valence-electron chi connectivity index (χ3n) is 11.6. The first kappa shape index (κ1) is 32.4. The van der Waals surface area contributed by atoms with Crippen LogP contribution in [-0.4, -0.2) is 4.57 Å². The normalized spacial score (nSPS) is 11.8. The molecule has 0 unspecified atom stereocenters. The predicted octanol–water partition coefficient (Wildman–Crippen LogP) is 15.4. The third-order valence-corrected chi connectivity index (χ3v) is 11.6. The van der Waals surface area contributed by atoms with Crippen molar-refractivity contribution in [2.75, 3.05) is 4.90 Å². The number of anilines is 3. The van der Waals surface area contributed by atoms with Gasteiger partial charge in [-0.15, -0.1) is 0 Å². The van der Waals surface area contributed by atoms with Crippen molar-refractivity contribution in [2.24, 2.45) is 0 Å². The maximum absolute atomic E-state index is 6.74. The Balaban J connectivity index is 1.05. The zero-order valence-electron chi connectivity index (χ0n) is 31.3. The van der Waals surface area contributed by atoms with Gasteiger partial charge in [-0.05, 0) is 83.9 Å². The molecule has 3 heterocycles. The van der Waals surface area contributed by atoms with E-state index in [2.05, 4.69) is 198 Å². The van der Waals surface area contributed by atoms with E-state index in [4.69, 9.17) is 8.83 Å². The van der Waals surface area contributed by atoms with Crippen LogP contribution in [0.4, 0.5) is 17.1 Å². The summed E-state index contributed by atoms with van der Waals surface area (Å²) in [4.78, 5) is 2.34. The van der Waals surface area contributed by atoms with Crippen LogP contribution in [0, 0.1) is 0 Å². The summed E-state index contributed by atoms with van der Waals surface area (Å²) in [6, 6.07) is 73.2. The van der Waals surface area contributed by atoms with Gasteiger partial charge in [0.15, 0.2) is 0 Å². The zero-order valence-corrected chi connectivity index (χ0v) is 31.3. The summed E-state index contributed by atoms with van der Waals surface area (Å²) >= 11 is 0. The lowest BCUT2D eigenvalue weighted by molar-refractivity contribution is 0.669. The first-order chi connectivity index (χ1) is 28.8. The summed E-state index contributed by atoms with van der Waals surface area (Å²) in [5.74, 6) is 0. The molecule has 4 nitrogen and oxygen atoms in total. The minimum atomic E-state index is 0.866. The Labute approximate surface area is 334 Å². The quantitative estimate of drug-likeness (QED) is 0.170. The molecule has 0 saturated carbocycles. The van der Waals surface area contributed by atoms with Crippen molar-refractivity contribution >= 4 is 82.7 Å². The number of para-hydroxylation sites is 6. The fraction of sp³-hybridized carbons (Fsp3) is 0. The van der Waals surface area contributed by atoms with Crippen molar-refractivity contribution < 1.29 is 8.83 Å². The summed E-state index contributed by atoms with van der Waals surface area (Å²) in [6.45, 7) is 0. The monoisotopic (exact) mass is 742 g/mol. The average molecular weight is 743 g/mol. The Bertz CT molecular complexity index is 3460. The molecule has 0 fully saturated rings. The van der Waals surface area contributed by atoms with Crippen molar-refractivity contribution in [1.82, 2.24) is 4.57 Å². The second-order valence-corrected chi connectivity index (χ2v) is 14.9. The van der Waals surface area contributed by atoms with Gasteiger partial charge in [0.25, 0.3) is 0 Å². The van der Waals surface area contributed by atoms with Crippen LogP contribution < -0.4 is 4.90 Å². The number of fused-ring (bicyclic) bond motifs is 9. The van der Waals surface area contributed by atoms with Gasteiger partial charge >= 0.3 is 0 Å².